The first-order valence-corrected chi connectivity index (χ1v) is 3.42. The monoisotopic (exact) mass is 181 g/mol. The van der Waals surface area contributed by atoms with E-state index in [0.717, 1.165) is 5.92 Å². The van der Waals surface area contributed by atoms with E-state index >= 15 is 0 Å². The Bertz CT molecular complexity index is 101. The van der Waals surface area contributed by atoms with Gasteiger partial charge in [-0.25, -0.2) is 0 Å². The molecule has 0 saturated carbocycles. The molecule has 0 rings (SSSR count). The summed E-state index contributed by atoms with van der Waals surface area (Å²) in [7, 11) is 0. The van der Waals surface area contributed by atoms with Crippen LogP contribution in [0.1, 0.15) is 27.2 Å². The maximum absolute atomic E-state index is 8.12. The molecule has 0 aromatic heterocycles. The zero-order chi connectivity index (χ0) is 8.57. The molecule has 0 aromatic carbocycles. The highest BCUT2D eigenvalue weighted by atomic mass is 35.5. The van der Waals surface area contributed by atoms with Gasteiger partial charge in [0.15, 0.2) is 0 Å². The quantitative estimate of drug-likeness (QED) is 0.497. The lowest BCUT2D eigenvalue weighted by Gasteiger charge is -2.07. The Kier molecular flexibility index (Phi) is 19.0. The van der Waals surface area contributed by atoms with E-state index in [9.17, 15) is 0 Å². The van der Waals surface area contributed by atoms with Gasteiger partial charge in [0.2, 0.25) is 0 Å². The van der Waals surface area contributed by atoms with E-state index in [1.54, 1.807) is 0 Å². The summed E-state index contributed by atoms with van der Waals surface area (Å²) in [5.41, 5.74) is 3.91. The molecule has 3 N–H and O–H groups in total. The molecule has 2 unspecified atom stereocenters. The van der Waals surface area contributed by atoms with Crippen LogP contribution < -0.4 is 18.1 Å². The largest absolute Gasteiger partial charge is 1.00 e. The van der Waals surface area contributed by atoms with Crippen molar-refractivity contribution < 1.29 is 27.7 Å². The molecule has 0 bridgehead atoms. The third-order valence-electron chi connectivity index (χ3n) is 1.62. The maximum Gasteiger partial charge on any atom is 0.373 e. The van der Waals surface area contributed by atoms with Gasteiger partial charge >= 0.3 is 6.15 Å². The van der Waals surface area contributed by atoms with Gasteiger partial charge in [-0.2, -0.15) is 9.59 Å². The van der Waals surface area contributed by atoms with E-state index in [1.807, 2.05) is 0 Å². The average molecular weight is 182 g/mol. The second-order valence-electron chi connectivity index (χ2n) is 2.45. The van der Waals surface area contributed by atoms with Crippen molar-refractivity contribution >= 4 is 6.15 Å². The number of carbonyl (C=O) groups excluding carboxylic acids is 2. The summed E-state index contributed by atoms with van der Waals surface area (Å²) in [5, 5.41) is 0. The summed E-state index contributed by atoms with van der Waals surface area (Å²) in [4.78, 5) is 16.2. The Labute approximate surface area is 73.8 Å². The summed E-state index contributed by atoms with van der Waals surface area (Å²) in [6.07, 6.45) is 1.50. The van der Waals surface area contributed by atoms with Crippen LogP contribution in [0.2, 0.25) is 0 Å². The minimum Gasteiger partial charge on any atom is -1.00 e. The standard InChI is InChI=1S/C6H15N.CO2.ClH/c1-4-5(2)6(3)7;2-1-3;/h5-6H,4,7H2,1-3H3;;1H. The normalized spacial score (nSPS) is 12.7. The van der Waals surface area contributed by atoms with Crippen LogP contribution in [0, 0.1) is 5.92 Å². The van der Waals surface area contributed by atoms with Crippen molar-refractivity contribution in [2.24, 2.45) is 5.92 Å². The Balaban J connectivity index is -0.000000140. The van der Waals surface area contributed by atoms with E-state index in [2.05, 4.69) is 26.5 Å². The van der Waals surface area contributed by atoms with Crippen LogP contribution in [0.4, 0.5) is 0 Å². The number of rotatable bonds is 2. The topological polar surface area (TPSA) is 61.8 Å². The van der Waals surface area contributed by atoms with E-state index in [1.165, 1.54) is 6.42 Å². The fourth-order valence-electron chi connectivity index (χ4n) is 0.402. The average Bonchev–Trinajstić information content (AvgIpc) is 1.88. The minimum absolute atomic E-state index is 0. The van der Waals surface area contributed by atoms with E-state index in [0.29, 0.717) is 6.04 Å². The van der Waals surface area contributed by atoms with Crippen LogP contribution in [0.3, 0.4) is 0 Å². The van der Waals surface area contributed by atoms with Crippen LogP contribution in [0.5, 0.6) is 0 Å². The predicted octanol–water partition coefficient (Wildman–Crippen LogP) is -2.92. The van der Waals surface area contributed by atoms with Gasteiger partial charge in [0.25, 0.3) is 0 Å². The van der Waals surface area contributed by atoms with Gasteiger partial charge in [-0.1, -0.05) is 13.8 Å². The molecule has 0 fully saturated rings. The van der Waals surface area contributed by atoms with Gasteiger partial charge in [-0.05, 0) is 13.3 Å². The Morgan fingerprint density at radius 3 is 1.64 bits per heavy atom. The van der Waals surface area contributed by atoms with Crippen LogP contribution in [0.15, 0.2) is 0 Å². The second-order valence-corrected chi connectivity index (χ2v) is 2.45. The minimum atomic E-state index is 0. The number of quaternary nitrogens is 1. The Morgan fingerprint density at radius 1 is 1.36 bits per heavy atom. The van der Waals surface area contributed by atoms with Gasteiger partial charge in [-0.3, -0.25) is 0 Å². The smallest absolute Gasteiger partial charge is 0.373 e. The van der Waals surface area contributed by atoms with E-state index in [4.69, 9.17) is 9.59 Å². The second kappa shape index (κ2) is 12.3. The van der Waals surface area contributed by atoms with Crippen molar-refractivity contribution in [3.63, 3.8) is 0 Å². The van der Waals surface area contributed by atoms with E-state index in [-0.39, 0.29) is 18.6 Å². The maximum atomic E-state index is 8.12. The first-order chi connectivity index (χ1) is 4.59. The lowest BCUT2D eigenvalue weighted by molar-refractivity contribution is -0.426. The summed E-state index contributed by atoms with van der Waals surface area (Å²) < 4.78 is 0. The van der Waals surface area contributed by atoms with Gasteiger partial charge < -0.3 is 18.1 Å². The molecule has 3 nitrogen and oxygen atoms in total. The summed E-state index contributed by atoms with van der Waals surface area (Å²) in [6, 6.07) is 0.616. The van der Waals surface area contributed by atoms with Gasteiger partial charge in [-0.15, -0.1) is 0 Å². The molecule has 2 atom stereocenters. The molecule has 0 aliphatic heterocycles. The molecule has 0 radical (unpaired) electrons. The SMILES string of the molecule is CCC(C)C(C)[NH3+].O=C=O.[Cl-]. The van der Waals surface area contributed by atoms with E-state index < -0.39 is 0 Å². The molecular formula is C7H16ClNO2. The molecule has 0 aliphatic carbocycles. The summed E-state index contributed by atoms with van der Waals surface area (Å²) in [5.74, 6) is 0.792. The van der Waals surface area contributed by atoms with Crippen molar-refractivity contribution in [2.45, 2.75) is 33.2 Å². The lowest BCUT2D eigenvalue weighted by atomic mass is 10.0. The van der Waals surface area contributed by atoms with Crippen LogP contribution in [-0.4, -0.2) is 12.2 Å². The molecule has 0 heterocycles. The third kappa shape index (κ3) is 17.7. The summed E-state index contributed by atoms with van der Waals surface area (Å²) in [6.45, 7) is 6.60. The fourth-order valence-corrected chi connectivity index (χ4v) is 0.402. The molecule has 0 amide bonds. The Hall–Kier alpha value is -0.370. The Morgan fingerprint density at radius 2 is 1.64 bits per heavy atom. The zero-order valence-corrected chi connectivity index (χ0v) is 8.02. The summed E-state index contributed by atoms with van der Waals surface area (Å²) >= 11 is 0. The van der Waals surface area contributed by atoms with Crippen LogP contribution in [0.25, 0.3) is 0 Å². The number of hydrogen-bond donors (Lipinski definition) is 1. The highest BCUT2D eigenvalue weighted by Gasteiger charge is 2.05. The zero-order valence-electron chi connectivity index (χ0n) is 7.26. The van der Waals surface area contributed by atoms with Gasteiger partial charge in [0, 0.05) is 5.92 Å². The van der Waals surface area contributed by atoms with Crippen molar-refractivity contribution in [3.8, 4) is 0 Å². The predicted molar refractivity (Wildman–Crippen MR) is 36.8 cm³/mol. The fraction of sp³-hybridized carbons (Fsp3) is 0.857. The molecule has 0 saturated heterocycles. The molecule has 0 aromatic rings. The number of halogens is 1. The van der Waals surface area contributed by atoms with Crippen LogP contribution in [-0.2, 0) is 9.59 Å². The lowest BCUT2D eigenvalue weighted by Crippen LogP contribution is -3.00. The first-order valence-electron chi connectivity index (χ1n) is 3.42. The van der Waals surface area contributed by atoms with Gasteiger partial charge in [0.1, 0.15) is 0 Å². The molecule has 0 spiro atoms. The van der Waals surface area contributed by atoms with Crippen LogP contribution >= 0.6 is 0 Å². The first kappa shape index (κ1) is 16.9. The van der Waals surface area contributed by atoms with Crippen molar-refractivity contribution in [2.75, 3.05) is 0 Å². The van der Waals surface area contributed by atoms with Crippen molar-refractivity contribution in [1.82, 2.24) is 0 Å². The molecular weight excluding hydrogens is 166 g/mol. The highest BCUT2D eigenvalue weighted by molar-refractivity contribution is 5.20. The van der Waals surface area contributed by atoms with Gasteiger partial charge in [0.05, 0.1) is 6.04 Å². The molecule has 11 heavy (non-hydrogen) atoms. The van der Waals surface area contributed by atoms with Crippen molar-refractivity contribution in [1.29, 1.82) is 0 Å². The molecule has 4 heteroatoms. The third-order valence-corrected chi connectivity index (χ3v) is 1.62. The van der Waals surface area contributed by atoms with Crippen molar-refractivity contribution in [3.05, 3.63) is 0 Å². The number of hydrogen-bond acceptors (Lipinski definition) is 2. The highest BCUT2D eigenvalue weighted by Crippen LogP contribution is 2.00. The molecule has 0 aliphatic rings. The molecule has 68 valence electrons.